The Morgan fingerprint density at radius 2 is 2.44 bits per heavy atom. The topological polar surface area (TPSA) is 46.5 Å². The van der Waals surface area contributed by atoms with Gasteiger partial charge in [-0.1, -0.05) is 0 Å². The number of hydrogen-bond donors (Lipinski definition) is 1. The lowest BCUT2D eigenvalue weighted by atomic mass is 10.3. The Labute approximate surface area is 58.6 Å². The molecule has 4 heteroatoms. The van der Waals surface area contributed by atoms with Crippen molar-refractivity contribution in [2.75, 3.05) is 7.11 Å². The third kappa shape index (κ3) is 5.76. The van der Waals surface area contributed by atoms with E-state index in [9.17, 15) is 4.79 Å². The van der Waals surface area contributed by atoms with Gasteiger partial charge in [-0.25, -0.2) is 0 Å². The van der Waals surface area contributed by atoms with Crippen molar-refractivity contribution in [2.24, 2.45) is 0 Å². The molecule has 0 aliphatic carbocycles. The Hall–Kier alpha value is -0.120. The molecule has 0 aliphatic heterocycles. The number of carbonyl (C=O) groups is 1. The fraction of sp³-hybridized carbons (Fsp3) is 0.800. The SMILES string of the molecule is COC(O)CCC(=O)Cl. The molecule has 0 saturated heterocycles. The van der Waals surface area contributed by atoms with Crippen molar-refractivity contribution in [3.05, 3.63) is 0 Å². The van der Waals surface area contributed by atoms with Crippen molar-refractivity contribution in [3.8, 4) is 0 Å². The van der Waals surface area contributed by atoms with E-state index in [1.807, 2.05) is 0 Å². The minimum absolute atomic E-state index is 0.149. The third-order valence-corrected chi connectivity index (χ3v) is 1.05. The highest BCUT2D eigenvalue weighted by molar-refractivity contribution is 6.63. The van der Waals surface area contributed by atoms with E-state index in [0.29, 0.717) is 0 Å². The Kier molecular flexibility index (Phi) is 4.67. The van der Waals surface area contributed by atoms with Crippen LogP contribution in [0.1, 0.15) is 12.8 Å². The molecule has 0 radical (unpaired) electrons. The van der Waals surface area contributed by atoms with Crippen LogP contribution in [-0.2, 0) is 9.53 Å². The first kappa shape index (κ1) is 8.88. The average Bonchev–Trinajstić information content (AvgIpc) is 1.83. The number of ether oxygens (including phenoxy) is 1. The lowest BCUT2D eigenvalue weighted by molar-refractivity contribution is -0.116. The van der Waals surface area contributed by atoms with Gasteiger partial charge < -0.3 is 9.84 Å². The molecular formula is C5H9ClO3. The molecule has 1 N–H and O–H groups in total. The van der Waals surface area contributed by atoms with Crippen molar-refractivity contribution >= 4 is 16.8 Å². The van der Waals surface area contributed by atoms with Gasteiger partial charge in [0.15, 0.2) is 6.29 Å². The third-order valence-electron chi connectivity index (χ3n) is 0.860. The first-order chi connectivity index (χ1) is 4.16. The highest BCUT2D eigenvalue weighted by atomic mass is 35.5. The molecule has 0 rings (SSSR count). The zero-order valence-corrected chi connectivity index (χ0v) is 5.89. The van der Waals surface area contributed by atoms with Crippen LogP contribution in [0.3, 0.4) is 0 Å². The zero-order valence-electron chi connectivity index (χ0n) is 5.13. The number of aliphatic hydroxyl groups is 1. The lowest BCUT2D eigenvalue weighted by Gasteiger charge is -2.04. The molecule has 1 atom stereocenters. The Morgan fingerprint density at radius 1 is 1.89 bits per heavy atom. The second-order valence-corrected chi connectivity index (χ2v) is 2.01. The van der Waals surface area contributed by atoms with Crippen molar-refractivity contribution < 1.29 is 14.6 Å². The van der Waals surface area contributed by atoms with Crippen LogP contribution < -0.4 is 0 Å². The molecular weight excluding hydrogens is 144 g/mol. The van der Waals surface area contributed by atoms with Gasteiger partial charge in [0, 0.05) is 20.0 Å². The van der Waals surface area contributed by atoms with Crippen molar-refractivity contribution in [3.63, 3.8) is 0 Å². The summed E-state index contributed by atoms with van der Waals surface area (Å²) in [5.41, 5.74) is 0. The molecule has 0 fully saturated rings. The van der Waals surface area contributed by atoms with E-state index < -0.39 is 11.5 Å². The number of aliphatic hydroxyl groups excluding tert-OH is 1. The largest absolute Gasteiger partial charge is 0.368 e. The van der Waals surface area contributed by atoms with Gasteiger partial charge in [-0.05, 0) is 11.6 Å². The lowest BCUT2D eigenvalue weighted by Crippen LogP contribution is -2.09. The van der Waals surface area contributed by atoms with Crippen LogP contribution in [0, 0.1) is 0 Å². The Morgan fingerprint density at radius 3 is 2.78 bits per heavy atom. The van der Waals surface area contributed by atoms with Crippen molar-refractivity contribution in [1.29, 1.82) is 0 Å². The maximum absolute atomic E-state index is 10.1. The zero-order chi connectivity index (χ0) is 7.28. The second kappa shape index (κ2) is 4.73. The normalized spacial score (nSPS) is 13.2. The smallest absolute Gasteiger partial charge is 0.221 e. The summed E-state index contributed by atoms with van der Waals surface area (Å²) in [5.74, 6) is 0. The van der Waals surface area contributed by atoms with Gasteiger partial charge in [-0.2, -0.15) is 0 Å². The molecule has 0 aliphatic rings. The minimum atomic E-state index is -0.868. The number of carbonyl (C=O) groups excluding carboxylic acids is 1. The standard InChI is InChI=1S/C5H9ClO3/c1-9-5(8)3-2-4(6)7/h5,8H,2-3H2,1H3. The highest BCUT2D eigenvalue weighted by Crippen LogP contribution is 1.99. The highest BCUT2D eigenvalue weighted by Gasteiger charge is 2.03. The van der Waals surface area contributed by atoms with Gasteiger partial charge in [-0.3, -0.25) is 4.79 Å². The van der Waals surface area contributed by atoms with Gasteiger partial charge >= 0.3 is 0 Å². The van der Waals surface area contributed by atoms with Crippen LogP contribution in [0.15, 0.2) is 0 Å². The maximum Gasteiger partial charge on any atom is 0.221 e. The van der Waals surface area contributed by atoms with E-state index in [-0.39, 0.29) is 12.8 Å². The maximum atomic E-state index is 10.1. The second-order valence-electron chi connectivity index (χ2n) is 1.58. The van der Waals surface area contributed by atoms with Gasteiger partial charge in [0.2, 0.25) is 5.24 Å². The summed E-state index contributed by atoms with van der Waals surface area (Å²) in [4.78, 5) is 10.1. The van der Waals surface area contributed by atoms with E-state index in [4.69, 9.17) is 16.7 Å². The van der Waals surface area contributed by atoms with E-state index in [1.165, 1.54) is 7.11 Å². The van der Waals surface area contributed by atoms with E-state index >= 15 is 0 Å². The van der Waals surface area contributed by atoms with Crippen LogP contribution in [0.4, 0.5) is 0 Å². The molecule has 0 aromatic carbocycles. The Balaban J connectivity index is 3.16. The number of methoxy groups -OCH3 is 1. The fourth-order valence-corrected chi connectivity index (χ4v) is 0.464. The average molecular weight is 153 g/mol. The molecule has 9 heavy (non-hydrogen) atoms. The summed E-state index contributed by atoms with van der Waals surface area (Å²) in [6.07, 6.45) is -0.456. The first-order valence-electron chi connectivity index (χ1n) is 2.56. The predicted octanol–water partition coefficient (Wildman–Crippen LogP) is 0.497. The monoisotopic (exact) mass is 152 g/mol. The number of rotatable bonds is 4. The first-order valence-corrected chi connectivity index (χ1v) is 2.94. The van der Waals surface area contributed by atoms with Crippen molar-refractivity contribution in [1.82, 2.24) is 0 Å². The Bertz CT molecular complexity index is 94.2. The van der Waals surface area contributed by atoms with Gasteiger partial charge in [0.25, 0.3) is 0 Å². The molecule has 0 spiro atoms. The van der Waals surface area contributed by atoms with Crippen LogP contribution in [0.2, 0.25) is 0 Å². The van der Waals surface area contributed by atoms with Crippen LogP contribution in [0.25, 0.3) is 0 Å². The summed E-state index contributed by atoms with van der Waals surface area (Å²) in [6, 6.07) is 0. The van der Waals surface area contributed by atoms with Gasteiger partial charge in [0.1, 0.15) is 0 Å². The molecule has 0 bridgehead atoms. The molecule has 0 saturated carbocycles. The molecule has 0 amide bonds. The molecule has 0 aromatic heterocycles. The minimum Gasteiger partial charge on any atom is -0.368 e. The summed E-state index contributed by atoms with van der Waals surface area (Å²) >= 11 is 4.97. The summed E-state index contributed by atoms with van der Waals surface area (Å²) in [5, 5.41) is 8.22. The van der Waals surface area contributed by atoms with Crippen LogP contribution in [-0.4, -0.2) is 23.7 Å². The molecule has 1 unspecified atom stereocenters. The molecule has 0 heterocycles. The van der Waals surface area contributed by atoms with E-state index in [2.05, 4.69) is 4.74 Å². The number of halogens is 1. The van der Waals surface area contributed by atoms with E-state index in [0.717, 1.165) is 0 Å². The summed E-state index contributed by atoms with van der Waals surface area (Å²) in [7, 11) is 1.36. The molecule has 0 aromatic rings. The molecule has 54 valence electrons. The quantitative estimate of drug-likeness (QED) is 0.471. The van der Waals surface area contributed by atoms with Crippen LogP contribution >= 0.6 is 11.6 Å². The molecule has 3 nitrogen and oxygen atoms in total. The summed E-state index contributed by atoms with van der Waals surface area (Å²) in [6.45, 7) is 0. The van der Waals surface area contributed by atoms with Crippen molar-refractivity contribution in [2.45, 2.75) is 19.1 Å². The van der Waals surface area contributed by atoms with Gasteiger partial charge in [-0.15, -0.1) is 0 Å². The van der Waals surface area contributed by atoms with Gasteiger partial charge in [0.05, 0.1) is 0 Å². The summed E-state index contributed by atoms with van der Waals surface area (Å²) < 4.78 is 4.45. The fourth-order valence-electron chi connectivity index (χ4n) is 0.355. The number of hydrogen-bond acceptors (Lipinski definition) is 3. The predicted molar refractivity (Wildman–Crippen MR) is 33.1 cm³/mol. The van der Waals surface area contributed by atoms with Crippen LogP contribution in [0.5, 0.6) is 0 Å². The van der Waals surface area contributed by atoms with E-state index in [1.54, 1.807) is 0 Å².